The van der Waals surface area contributed by atoms with Gasteiger partial charge in [-0.15, -0.1) is 0 Å². The molecule has 2 N–H and O–H groups in total. The lowest BCUT2D eigenvalue weighted by molar-refractivity contribution is 0.125. The zero-order valence-electron chi connectivity index (χ0n) is 13.6. The maximum Gasteiger partial charge on any atom is 0.191 e. The molecule has 1 saturated heterocycles. The van der Waals surface area contributed by atoms with Gasteiger partial charge in [-0.05, 0) is 31.1 Å². The fraction of sp³-hybridized carbons (Fsp3) is 0.588. The van der Waals surface area contributed by atoms with Crippen molar-refractivity contribution in [2.75, 3.05) is 32.5 Å². The lowest BCUT2D eigenvalue weighted by Crippen LogP contribution is -2.44. The smallest absolute Gasteiger partial charge is 0.191 e. The Morgan fingerprint density at radius 1 is 1.32 bits per heavy atom. The molecule has 4 nitrogen and oxygen atoms in total. The Morgan fingerprint density at radius 2 is 2.14 bits per heavy atom. The second-order valence-electron chi connectivity index (χ2n) is 5.79. The van der Waals surface area contributed by atoms with Crippen molar-refractivity contribution < 1.29 is 4.74 Å². The van der Waals surface area contributed by atoms with Gasteiger partial charge in [-0.1, -0.05) is 30.3 Å². The minimum absolute atomic E-state index is 0.349. The SMILES string of the molecule is CN=C(NCCOCc1ccccc1)NCC1(C)CCCS1. The molecule has 0 saturated carbocycles. The van der Waals surface area contributed by atoms with Crippen LogP contribution in [0.25, 0.3) is 0 Å². The summed E-state index contributed by atoms with van der Waals surface area (Å²) < 4.78 is 6.01. The number of hydrogen-bond donors (Lipinski definition) is 2. The van der Waals surface area contributed by atoms with Gasteiger partial charge in [0.05, 0.1) is 13.2 Å². The molecule has 1 aromatic carbocycles. The Hall–Kier alpha value is -1.20. The average molecular weight is 321 g/mol. The van der Waals surface area contributed by atoms with E-state index in [0.29, 0.717) is 18.0 Å². The van der Waals surface area contributed by atoms with Gasteiger partial charge < -0.3 is 15.4 Å². The number of nitrogens with zero attached hydrogens (tertiary/aromatic N) is 1. The molecule has 5 heteroatoms. The van der Waals surface area contributed by atoms with Crippen molar-refractivity contribution in [3.8, 4) is 0 Å². The molecule has 0 radical (unpaired) electrons. The third kappa shape index (κ3) is 5.89. The van der Waals surface area contributed by atoms with Crippen molar-refractivity contribution in [1.82, 2.24) is 10.6 Å². The molecule has 22 heavy (non-hydrogen) atoms. The third-order valence-corrected chi connectivity index (χ3v) is 5.34. The molecule has 2 rings (SSSR count). The second kappa shape index (κ2) is 9.06. The normalized spacial score (nSPS) is 21.8. The summed E-state index contributed by atoms with van der Waals surface area (Å²) in [6.07, 6.45) is 2.60. The van der Waals surface area contributed by atoms with Gasteiger partial charge in [-0.25, -0.2) is 0 Å². The quantitative estimate of drug-likeness (QED) is 0.460. The fourth-order valence-corrected chi connectivity index (χ4v) is 3.72. The summed E-state index contributed by atoms with van der Waals surface area (Å²) >= 11 is 2.06. The topological polar surface area (TPSA) is 45.7 Å². The van der Waals surface area contributed by atoms with E-state index in [9.17, 15) is 0 Å². The van der Waals surface area contributed by atoms with Gasteiger partial charge >= 0.3 is 0 Å². The van der Waals surface area contributed by atoms with Crippen molar-refractivity contribution in [3.63, 3.8) is 0 Å². The zero-order chi connectivity index (χ0) is 15.7. The summed E-state index contributed by atoms with van der Waals surface area (Å²) in [5.74, 6) is 2.13. The molecule has 0 bridgehead atoms. The van der Waals surface area contributed by atoms with Crippen LogP contribution in [0.1, 0.15) is 25.3 Å². The molecule has 0 aromatic heterocycles. The van der Waals surface area contributed by atoms with E-state index in [-0.39, 0.29) is 0 Å². The largest absolute Gasteiger partial charge is 0.375 e. The Labute approximate surface area is 138 Å². The molecule has 1 aliphatic heterocycles. The first-order valence-corrected chi connectivity index (χ1v) is 8.91. The standard InChI is InChI=1S/C17H27N3OS/c1-17(9-6-12-22-17)14-20-16(18-2)19-10-11-21-13-15-7-4-3-5-8-15/h3-5,7-8H,6,9-14H2,1-2H3,(H2,18,19,20). The Bertz CT molecular complexity index is 458. The van der Waals surface area contributed by atoms with Crippen LogP contribution in [0.5, 0.6) is 0 Å². The Morgan fingerprint density at radius 3 is 2.82 bits per heavy atom. The minimum atomic E-state index is 0.349. The number of rotatable bonds is 7. The summed E-state index contributed by atoms with van der Waals surface area (Å²) in [6.45, 7) is 5.37. The second-order valence-corrected chi connectivity index (χ2v) is 7.48. The molecule has 1 aliphatic rings. The Kier molecular flexibility index (Phi) is 7.06. The number of thioether (sulfide) groups is 1. The van der Waals surface area contributed by atoms with E-state index in [1.807, 2.05) is 25.2 Å². The minimum Gasteiger partial charge on any atom is -0.375 e. The first-order chi connectivity index (χ1) is 10.7. The molecule has 0 aliphatic carbocycles. The number of nitrogens with one attached hydrogen (secondary N) is 2. The van der Waals surface area contributed by atoms with Gasteiger partial charge in [0.1, 0.15) is 0 Å². The molecular weight excluding hydrogens is 294 g/mol. The maximum absolute atomic E-state index is 5.66. The highest BCUT2D eigenvalue weighted by molar-refractivity contribution is 8.00. The number of benzene rings is 1. The highest BCUT2D eigenvalue weighted by atomic mass is 32.2. The van der Waals surface area contributed by atoms with Crippen molar-refractivity contribution in [2.45, 2.75) is 31.1 Å². The molecule has 1 aromatic rings. The van der Waals surface area contributed by atoms with Crippen LogP contribution in [0.2, 0.25) is 0 Å². The number of aliphatic imine (C=N–C) groups is 1. The van der Waals surface area contributed by atoms with Crippen molar-refractivity contribution in [2.24, 2.45) is 4.99 Å². The highest BCUT2D eigenvalue weighted by Crippen LogP contribution is 2.36. The molecular formula is C17H27N3OS. The van der Waals surface area contributed by atoms with Crippen LogP contribution in [-0.2, 0) is 11.3 Å². The monoisotopic (exact) mass is 321 g/mol. The van der Waals surface area contributed by atoms with Gasteiger partial charge in [0, 0.05) is 24.9 Å². The molecule has 1 heterocycles. The van der Waals surface area contributed by atoms with E-state index in [4.69, 9.17) is 4.74 Å². The number of hydrogen-bond acceptors (Lipinski definition) is 3. The van der Waals surface area contributed by atoms with Crippen LogP contribution in [0, 0.1) is 0 Å². The summed E-state index contributed by atoms with van der Waals surface area (Å²) in [4.78, 5) is 4.27. The van der Waals surface area contributed by atoms with Crippen LogP contribution in [0.4, 0.5) is 0 Å². The van der Waals surface area contributed by atoms with Gasteiger partial charge in [-0.2, -0.15) is 11.8 Å². The van der Waals surface area contributed by atoms with E-state index in [0.717, 1.165) is 19.0 Å². The third-order valence-electron chi connectivity index (χ3n) is 3.80. The molecule has 0 amide bonds. The lowest BCUT2D eigenvalue weighted by Gasteiger charge is -2.24. The van der Waals surface area contributed by atoms with Gasteiger partial charge in [0.2, 0.25) is 0 Å². The molecule has 122 valence electrons. The van der Waals surface area contributed by atoms with E-state index in [2.05, 4.69) is 46.4 Å². The maximum atomic E-state index is 5.66. The molecule has 1 unspecified atom stereocenters. The molecule has 0 spiro atoms. The van der Waals surface area contributed by atoms with Crippen molar-refractivity contribution in [1.29, 1.82) is 0 Å². The lowest BCUT2D eigenvalue weighted by atomic mass is 10.1. The fourth-order valence-electron chi connectivity index (χ4n) is 2.47. The molecule has 1 fully saturated rings. The first kappa shape index (κ1) is 17.2. The summed E-state index contributed by atoms with van der Waals surface area (Å²) in [7, 11) is 1.81. The summed E-state index contributed by atoms with van der Waals surface area (Å²) in [5, 5.41) is 6.72. The van der Waals surface area contributed by atoms with Crippen molar-refractivity contribution >= 4 is 17.7 Å². The average Bonchev–Trinajstić information content (AvgIpc) is 2.98. The molecule has 1 atom stereocenters. The van der Waals surface area contributed by atoms with E-state index >= 15 is 0 Å². The van der Waals surface area contributed by atoms with Crippen LogP contribution in [0.15, 0.2) is 35.3 Å². The van der Waals surface area contributed by atoms with Crippen LogP contribution in [-0.4, -0.2) is 43.2 Å². The van der Waals surface area contributed by atoms with Gasteiger partial charge in [-0.3, -0.25) is 4.99 Å². The zero-order valence-corrected chi connectivity index (χ0v) is 14.4. The number of ether oxygens (including phenoxy) is 1. The van der Waals surface area contributed by atoms with Crippen LogP contribution >= 0.6 is 11.8 Å². The van der Waals surface area contributed by atoms with E-state index in [1.54, 1.807) is 0 Å². The van der Waals surface area contributed by atoms with Crippen LogP contribution in [0.3, 0.4) is 0 Å². The summed E-state index contributed by atoms with van der Waals surface area (Å²) in [5.41, 5.74) is 1.20. The van der Waals surface area contributed by atoms with Gasteiger partial charge in [0.25, 0.3) is 0 Å². The van der Waals surface area contributed by atoms with Crippen molar-refractivity contribution in [3.05, 3.63) is 35.9 Å². The van der Waals surface area contributed by atoms with Gasteiger partial charge in [0.15, 0.2) is 5.96 Å². The Balaban J connectivity index is 1.58. The highest BCUT2D eigenvalue weighted by Gasteiger charge is 2.29. The summed E-state index contributed by atoms with van der Waals surface area (Å²) in [6, 6.07) is 10.2. The van der Waals surface area contributed by atoms with Crippen LogP contribution < -0.4 is 10.6 Å². The van der Waals surface area contributed by atoms with E-state index < -0.39 is 0 Å². The van der Waals surface area contributed by atoms with E-state index in [1.165, 1.54) is 24.2 Å². The first-order valence-electron chi connectivity index (χ1n) is 7.92. The number of guanidine groups is 1. The predicted octanol–water partition coefficient (Wildman–Crippen LogP) is 2.65. The predicted molar refractivity (Wildman–Crippen MR) is 95.6 cm³/mol.